The second-order valence-electron chi connectivity index (χ2n) is 4.53. The zero-order chi connectivity index (χ0) is 13.7. The van der Waals surface area contributed by atoms with Gasteiger partial charge in [0.15, 0.2) is 0 Å². The maximum absolute atomic E-state index is 11.9. The van der Waals surface area contributed by atoms with Gasteiger partial charge in [-0.2, -0.15) is 0 Å². The maximum Gasteiger partial charge on any atom is 0.323 e. The van der Waals surface area contributed by atoms with Crippen molar-refractivity contribution in [2.75, 3.05) is 6.54 Å². The molecular weight excluding hydrogens is 238 g/mol. The van der Waals surface area contributed by atoms with Crippen LogP contribution in [-0.4, -0.2) is 46.5 Å². The maximum atomic E-state index is 11.9. The highest BCUT2D eigenvalue weighted by Gasteiger charge is 2.29. The molecule has 1 rings (SSSR count). The molecular formula is C11H19N3O4. The minimum atomic E-state index is -1.07. The number of carbonyl (C=O) groups excluding carboxylic acids is 2. The molecule has 1 saturated carbocycles. The number of primary amides is 1. The van der Waals surface area contributed by atoms with E-state index in [9.17, 15) is 14.4 Å². The summed E-state index contributed by atoms with van der Waals surface area (Å²) in [7, 11) is 0. The number of nitrogens with one attached hydrogen (secondary N) is 1. The highest BCUT2D eigenvalue weighted by atomic mass is 16.4. The van der Waals surface area contributed by atoms with Crippen molar-refractivity contribution in [2.24, 2.45) is 5.73 Å². The zero-order valence-corrected chi connectivity index (χ0v) is 10.4. The predicted octanol–water partition coefficient (Wildman–Crippen LogP) is -0.101. The number of aliphatic carboxylic acids is 1. The van der Waals surface area contributed by atoms with Crippen LogP contribution in [0.15, 0.2) is 0 Å². The molecule has 1 atom stereocenters. The fraction of sp³-hybridized carbons (Fsp3) is 0.727. The minimum absolute atomic E-state index is 0.0684. The van der Waals surface area contributed by atoms with Crippen molar-refractivity contribution in [3.63, 3.8) is 0 Å². The highest BCUT2D eigenvalue weighted by Crippen LogP contribution is 2.23. The van der Waals surface area contributed by atoms with Crippen LogP contribution >= 0.6 is 0 Å². The summed E-state index contributed by atoms with van der Waals surface area (Å²) in [5, 5.41) is 11.2. The first-order valence-electron chi connectivity index (χ1n) is 6.00. The van der Waals surface area contributed by atoms with Gasteiger partial charge in [0, 0.05) is 6.04 Å². The summed E-state index contributed by atoms with van der Waals surface area (Å²) >= 11 is 0. The number of carboxylic acid groups (broad SMARTS) is 1. The first kappa shape index (κ1) is 14.3. The summed E-state index contributed by atoms with van der Waals surface area (Å²) < 4.78 is 0. The largest absolute Gasteiger partial charge is 0.480 e. The number of nitrogens with zero attached hydrogens (tertiary/aromatic N) is 1. The molecule has 0 bridgehead atoms. The molecule has 0 heterocycles. The lowest BCUT2D eigenvalue weighted by Gasteiger charge is -2.28. The van der Waals surface area contributed by atoms with Crippen molar-refractivity contribution in [3.05, 3.63) is 0 Å². The van der Waals surface area contributed by atoms with Gasteiger partial charge >= 0.3 is 12.0 Å². The molecule has 1 fully saturated rings. The minimum Gasteiger partial charge on any atom is -0.480 e. The average Bonchev–Trinajstić information content (AvgIpc) is 2.78. The van der Waals surface area contributed by atoms with Crippen molar-refractivity contribution in [1.29, 1.82) is 0 Å². The molecule has 18 heavy (non-hydrogen) atoms. The first-order chi connectivity index (χ1) is 8.41. The van der Waals surface area contributed by atoms with Crippen LogP contribution < -0.4 is 11.1 Å². The molecule has 1 aliphatic rings. The van der Waals surface area contributed by atoms with Gasteiger partial charge in [-0.3, -0.25) is 9.59 Å². The van der Waals surface area contributed by atoms with Gasteiger partial charge in [0.05, 0.1) is 0 Å². The number of carbonyl (C=O) groups is 3. The summed E-state index contributed by atoms with van der Waals surface area (Å²) in [5.41, 5.74) is 5.05. The van der Waals surface area contributed by atoms with Crippen LogP contribution in [0.25, 0.3) is 0 Å². The number of hydrogen-bond donors (Lipinski definition) is 3. The van der Waals surface area contributed by atoms with Crippen molar-refractivity contribution in [1.82, 2.24) is 10.2 Å². The van der Waals surface area contributed by atoms with E-state index in [-0.39, 0.29) is 12.6 Å². The van der Waals surface area contributed by atoms with Crippen molar-refractivity contribution in [2.45, 2.75) is 44.7 Å². The third kappa shape index (κ3) is 3.90. The molecule has 0 aromatic heterocycles. The Morgan fingerprint density at radius 1 is 1.39 bits per heavy atom. The number of carboxylic acids is 1. The molecule has 0 aliphatic heterocycles. The molecule has 0 aromatic rings. The molecule has 0 spiro atoms. The SMILES string of the molecule is CC(NC(=O)N(CC(=O)O)C1CCCC1)C(N)=O. The standard InChI is InChI=1S/C11H19N3O4/c1-7(10(12)17)13-11(18)14(6-9(15)16)8-4-2-3-5-8/h7-8H,2-6H2,1H3,(H2,12,17)(H,13,18)(H,15,16). The lowest BCUT2D eigenvalue weighted by atomic mass is 10.2. The third-order valence-corrected chi connectivity index (χ3v) is 3.10. The topological polar surface area (TPSA) is 113 Å². The molecule has 7 nitrogen and oxygen atoms in total. The Balaban J connectivity index is 2.66. The highest BCUT2D eigenvalue weighted by molar-refractivity contribution is 5.87. The van der Waals surface area contributed by atoms with Gasteiger partial charge < -0.3 is 21.1 Å². The van der Waals surface area contributed by atoms with E-state index in [0.29, 0.717) is 0 Å². The molecule has 102 valence electrons. The number of nitrogens with two attached hydrogens (primary N) is 1. The Morgan fingerprint density at radius 3 is 2.39 bits per heavy atom. The van der Waals surface area contributed by atoms with Gasteiger partial charge in [0.2, 0.25) is 5.91 Å². The van der Waals surface area contributed by atoms with Crippen LogP contribution in [0.1, 0.15) is 32.6 Å². The molecule has 1 unspecified atom stereocenters. The van der Waals surface area contributed by atoms with E-state index in [4.69, 9.17) is 10.8 Å². The first-order valence-corrected chi connectivity index (χ1v) is 6.00. The summed E-state index contributed by atoms with van der Waals surface area (Å²) in [6.07, 6.45) is 3.57. The molecule has 3 amide bonds. The average molecular weight is 257 g/mol. The van der Waals surface area contributed by atoms with Crippen LogP contribution in [0.2, 0.25) is 0 Å². The van der Waals surface area contributed by atoms with Crippen molar-refractivity contribution in [3.8, 4) is 0 Å². The Morgan fingerprint density at radius 2 is 1.94 bits per heavy atom. The summed E-state index contributed by atoms with van der Waals surface area (Å²) in [6.45, 7) is 1.11. The summed E-state index contributed by atoms with van der Waals surface area (Å²) in [5.74, 6) is -1.71. The van der Waals surface area contributed by atoms with E-state index in [2.05, 4.69) is 5.32 Å². The van der Waals surface area contributed by atoms with Gasteiger partial charge in [-0.15, -0.1) is 0 Å². The van der Waals surface area contributed by atoms with Crippen molar-refractivity contribution >= 4 is 17.9 Å². The molecule has 0 aromatic carbocycles. The van der Waals surface area contributed by atoms with E-state index in [1.165, 1.54) is 11.8 Å². The van der Waals surface area contributed by atoms with Crippen molar-refractivity contribution < 1.29 is 19.5 Å². The van der Waals surface area contributed by atoms with Crippen LogP contribution in [0, 0.1) is 0 Å². The summed E-state index contributed by atoms with van der Waals surface area (Å²) in [6, 6.07) is -1.42. The van der Waals surface area contributed by atoms with E-state index < -0.39 is 23.9 Å². The van der Waals surface area contributed by atoms with E-state index >= 15 is 0 Å². The second-order valence-corrected chi connectivity index (χ2v) is 4.53. The predicted molar refractivity (Wildman–Crippen MR) is 63.8 cm³/mol. The van der Waals surface area contributed by atoms with Crippen LogP contribution in [0.5, 0.6) is 0 Å². The lowest BCUT2D eigenvalue weighted by Crippen LogP contribution is -2.52. The number of rotatable bonds is 5. The fourth-order valence-corrected chi connectivity index (χ4v) is 2.07. The van der Waals surface area contributed by atoms with E-state index in [0.717, 1.165) is 25.7 Å². The summed E-state index contributed by atoms with van der Waals surface area (Å²) in [4.78, 5) is 34.8. The van der Waals surface area contributed by atoms with E-state index in [1.54, 1.807) is 0 Å². The molecule has 1 aliphatic carbocycles. The van der Waals surface area contributed by atoms with Gasteiger partial charge in [-0.05, 0) is 19.8 Å². The van der Waals surface area contributed by atoms with Gasteiger partial charge in [-0.25, -0.2) is 4.79 Å². The molecule has 4 N–H and O–H groups in total. The monoisotopic (exact) mass is 257 g/mol. The van der Waals surface area contributed by atoms with Gasteiger partial charge in [0.1, 0.15) is 12.6 Å². The van der Waals surface area contributed by atoms with Crippen LogP contribution in [0.3, 0.4) is 0 Å². The normalized spacial score (nSPS) is 17.2. The Hall–Kier alpha value is -1.79. The lowest BCUT2D eigenvalue weighted by molar-refractivity contribution is -0.138. The Labute approximate surface area is 105 Å². The Kier molecular flexibility index (Phi) is 4.94. The number of urea groups is 1. The van der Waals surface area contributed by atoms with Gasteiger partial charge in [-0.1, -0.05) is 12.8 Å². The smallest absolute Gasteiger partial charge is 0.323 e. The zero-order valence-electron chi connectivity index (χ0n) is 10.4. The third-order valence-electron chi connectivity index (χ3n) is 3.10. The molecule has 7 heteroatoms. The van der Waals surface area contributed by atoms with E-state index in [1.807, 2.05) is 0 Å². The van der Waals surface area contributed by atoms with Crippen LogP contribution in [0.4, 0.5) is 4.79 Å². The Bertz CT molecular complexity index is 339. The second kappa shape index (κ2) is 6.23. The molecule has 0 saturated heterocycles. The van der Waals surface area contributed by atoms with Crippen LogP contribution in [-0.2, 0) is 9.59 Å². The van der Waals surface area contributed by atoms with Gasteiger partial charge in [0.25, 0.3) is 0 Å². The fourth-order valence-electron chi connectivity index (χ4n) is 2.07. The number of hydrogen-bond acceptors (Lipinski definition) is 3. The molecule has 0 radical (unpaired) electrons. The quantitative estimate of drug-likeness (QED) is 0.638. The number of amides is 3.